The van der Waals surface area contributed by atoms with Crippen molar-refractivity contribution in [1.82, 2.24) is 9.97 Å². The van der Waals surface area contributed by atoms with Crippen LogP contribution < -0.4 is 5.73 Å². The lowest BCUT2D eigenvalue weighted by molar-refractivity contribution is 0.937. The third-order valence-corrected chi connectivity index (χ3v) is 3.79. The van der Waals surface area contributed by atoms with Crippen LogP contribution in [0.15, 0.2) is 18.2 Å². The summed E-state index contributed by atoms with van der Waals surface area (Å²) in [6.45, 7) is 0. The first-order chi connectivity index (χ1) is 7.72. The highest BCUT2D eigenvalue weighted by atomic mass is 35.5. The largest absolute Gasteiger partial charge is 0.384 e. The zero-order valence-corrected chi connectivity index (χ0v) is 10.1. The predicted octanol–water partition coefficient (Wildman–Crippen LogP) is 3.32. The number of nitrogen functional groups attached to an aromatic ring is 1. The van der Waals surface area contributed by atoms with Gasteiger partial charge >= 0.3 is 0 Å². The van der Waals surface area contributed by atoms with Gasteiger partial charge in [0.15, 0.2) is 0 Å². The fourth-order valence-electron chi connectivity index (χ4n) is 1.59. The minimum absolute atomic E-state index is 0.512. The Balaban J connectivity index is 2.06. The lowest BCUT2D eigenvalue weighted by atomic mass is 10.3. The molecule has 1 saturated carbocycles. The van der Waals surface area contributed by atoms with Gasteiger partial charge in [0.25, 0.3) is 0 Å². The van der Waals surface area contributed by atoms with Gasteiger partial charge in [-0.25, -0.2) is 9.97 Å². The van der Waals surface area contributed by atoms with E-state index in [0.717, 1.165) is 20.7 Å². The van der Waals surface area contributed by atoms with Crippen LogP contribution in [0, 0.1) is 0 Å². The summed E-state index contributed by atoms with van der Waals surface area (Å²) < 4.78 is 0.764. The van der Waals surface area contributed by atoms with Crippen molar-refractivity contribution in [2.45, 2.75) is 18.8 Å². The summed E-state index contributed by atoms with van der Waals surface area (Å²) in [5.41, 5.74) is 6.67. The molecule has 0 aromatic carbocycles. The standard InChI is InChI=1S/C11H10ClN3S/c12-9-4-3-8(16-9)7-5-10(13)15-11(14-7)6-1-2-6/h3-6H,1-2H2,(H2,13,14,15). The molecule has 0 bridgehead atoms. The van der Waals surface area contributed by atoms with Crippen LogP contribution in [0.4, 0.5) is 5.82 Å². The Morgan fingerprint density at radius 3 is 2.75 bits per heavy atom. The van der Waals surface area contributed by atoms with Crippen LogP contribution >= 0.6 is 22.9 Å². The molecule has 0 aliphatic heterocycles. The van der Waals surface area contributed by atoms with E-state index >= 15 is 0 Å². The second kappa shape index (κ2) is 3.71. The number of anilines is 1. The molecule has 82 valence electrons. The maximum atomic E-state index is 5.91. The highest BCUT2D eigenvalue weighted by molar-refractivity contribution is 7.19. The molecule has 2 N–H and O–H groups in total. The van der Waals surface area contributed by atoms with Gasteiger partial charge in [-0.3, -0.25) is 0 Å². The third-order valence-electron chi connectivity index (χ3n) is 2.53. The number of thiophene rings is 1. The number of halogens is 1. The first-order valence-electron chi connectivity index (χ1n) is 5.12. The molecule has 16 heavy (non-hydrogen) atoms. The number of nitrogens with zero attached hydrogens (tertiary/aromatic N) is 2. The molecule has 0 atom stereocenters. The van der Waals surface area contributed by atoms with Gasteiger partial charge in [0, 0.05) is 12.0 Å². The number of hydrogen-bond acceptors (Lipinski definition) is 4. The number of aromatic nitrogens is 2. The van der Waals surface area contributed by atoms with E-state index in [1.165, 1.54) is 24.2 Å². The van der Waals surface area contributed by atoms with E-state index < -0.39 is 0 Å². The average Bonchev–Trinajstić information content (AvgIpc) is 3.01. The fourth-order valence-corrected chi connectivity index (χ4v) is 2.59. The molecule has 2 aromatic rings. The SMILES string of the molecule is Nc1cc(-c2ccc(Cl)s2)nc(C2CC2)n1. The number of rotatable bonds is 2. The Bertz CT molecular complexity index is 534. The van der Waals surface area contributed by atoms with Crippen LogP contribution in [0.5, 0.6) is 0 Å². The minimum atomic E-state index is 0.512. The Labute approximate surface area is 102 Å². The quantitative estimate of drug-likeness (QED) is 0.891. The maximum absolute atomic E-state index is 5.91. The van der Waals surface area contributed by atoms with Gasteiger partial charge in [0.1, 0.15) is 11.6 Å². The summed E-state index contributed by atoms with van der Waals surface area (Å²) in [6.07, 6.45) is 2.35. The van der Waals surface area contributed by atoms with E-state index in [0.29, 0.717) is 11.7 Å². The van der Waals surface area contributed by atoms with Crippen molar-refractivity contribution in [3.8, 4) is 10.6 Å². The van der Waals surface area contributed by atoms with Crippen LogP contribution in [0.1, 0.15) is 24.6 Å². The summed E-state index contributed by atoms with van der Waals surface area (Å²) in [4.78, 5) is 9.85. The molecule has 1 aliphatic rings. The van der Waals surface area contributed by atoms with Gasteiger partial charge in [-0.2, -0.15) is 0 Å². The van der Waals surface area contributed by atoms with E-state index in [9.17, 15) is 0 Å². The van der Waals surface area contributed by atoms with E-state index in [-0.39, 0.29) is 0 Å². The molecule has 3 nitrogen and oxygen atoms in total. The summed E-state index contributed by atoms with van der Waals surface area (Å²) in [6, 6.07) is 5.64. The van der Waals surface area contributed by atoms with E-state index in [1.807, 2.05) is 12.1 Å². The summed E-state index contributed by atoms with van der Waals surface area (Å²) in [5.74, 6) is 1.92. The van der Waals surface area contributed by atoms with E-state index in [2.05, 4.69) is 9.97 Å². The Kier molecular flexibility index (Phi) is 2.33. The topological polar surface area (TPSA) is 51.8 Å². The molecule has 2 heterocycles. The van der Waals surface area contributed by atoms with Crippen molar-refractivity contribution >= 4 is 28.8 Å². The second-order valence-electron chi connectivity index (χ2n) is 3.91. The lowest BCUT2D eigenvalue weighted by Crippen LogP contribution is -1.99. The predicted molar refractivity (Wildman–Crippen MR) is 66.7 cm³/mol. The van der Waals surface area contributed by atoms with Crippen molar-refractivity contribution < 1.29 is 0 Å². The summed E-state index contributed by atoms with van der Waals surface area (Å²) in [7, 11) is 0. The molecular formula is C11H10ClN3S. The second-order valence-corrected chi connectivity index (χ2v) is 5.63. The smallest absolute Gasteiger partial charge is 0.134 e. The Hall–Kier alpha value is -1.13. The van der Waals surface area contributed by atoms with Gasteiger partial charge in [-0.15, -0.1) is 11.3 Å². The van der Waals surface area contributed by atoms with Gasteiger partial charge in [0.2, 0.25) is 0 Å². The highest BCUT2D eigenvalue weighted by Gasteiger charge is 2.27. The fraction of sp³-hybridized carbons (Fsp3) is 0.273. The van der Waals surface area contributed by atoms with Gasteiger partial charge in [-0.1, -0.05) is 11.6 Å². The van der Waals surface area contributed by atoms with Crippen molar-refractivity contribution in [3.63, 3.8) is 0 Å². The van der Waals surface area contributed by atoms with Gasteiger partial charge in [-0.05, 0) is 25.0 Å². The van der Waals surface area contributed by atoms with Crippen LogP contribution in [0.3, 0.4) is 0 Å². The van der Waals surface area contributed by atoms with Gasteiger partial charge in [0.05, 0.1) is 14.9 Å². The molecule has 1 aliphatic carbocycles. The molecule has 3 rings (SSSR count). The normalized spacial score (nSPS) is 15.3. The molecule has 0 unspecified atom stereocenters. The summed E-state index contributed by atoms with van der Waals surface area (Å²) in [5, 5.41) is 0. The zero-order valence-electron chi connectivity index (χ0n) is 8.48. The molecule has 0 spiro atoms. The van der Waals surface area contributed by atoms with Crippen molar-refractivity contribution in [1.29, 1.82) is 0 Å². The van der Waals surface area contributed by atoms with Crippen LogP contribution in [0.25, 0.3) is 10.6 Å². The number of nitrogens with two attached hydrogens (primary N) is 1. The average molecular weight is 252 g/mol. The highest BCUT2D eigenvalue weighted by Crippen LogP contribution is 2.39. The van der Waals surface area contributed by atoms with E-state index in [4.69, 9.17) is 17.3 Å². The van der Waals surface area contributed by atoms with Crippen LogP contribution in [-0.2, 0) is 0 Å². The molecule has 0 amide bonds. The maximum Gasteiger partial charge on any atom is 0.134 e. The minimum Gasteiger partial charge on any atom is -0.384 e. The molecule has 0 saturated heterocycles. The molecular weight excluding hydrogens is 242 g/mol. The molecule has 2 aromatic heterocycles. The summed E-state index contributed by atoms with van der Waals surface area (Å²) >= 11 is 7.42. The van der Waals surface area contributed by atoms with Gasteiger partial charge < -0.3 is 5.73 Å². The zero-order chi connectivity index (χ0) is 11.1. The van der Waals surface area contributed by atoms with Crippen LogP contribution in [-0.4, -0.2) is 9.97 Å². The van der Waals surface area contributed by atoms with Crippen molar-refractivity contribution in [2.24, 2.45) is 0 Å². The first kappa shape index (κ1) is 10.1. The molecule has 0 radical (unpaired) electrons. The van der Waals surface area contributed by atoms with E-state index in [1.54, 1.807) is 6.07 Å². The monoisotopic (exact) mass is 251 g/mol. The third kappa shape index (κ3) is 1.90. The molecule has 1 fully saturated rings. The van der Waals surface area contributed by atoms with Crippen molar-refractivity contribution in [3.05, 3.63) is 28.4 Å². The first-order valence-corrected chi connectivity index (χ1v) is 6.32. The van der Waals surface area contributed by atoms with Crippen LogP contribution in [0.2, 0.25) is 4.34 Å². The molecule has 5 heteroatoms. The lowest BCUT2D eigenvalue weighted by Gasteiger charge is -2.02. The van der Waals surface area contributed by atoms with Crippen molar-refractivity contribution in [2.75, 3.05) is 5.73 Å². The Morgan fingerprint density at radius 2 is 2.12 bits per heavy atom. The Morgan fingerprint density at radius 1 is 1.31 bits per heavy atom. The number of hydrogen-bond donors (Lipinski definition) is 1.